The predicted molar refractivity (Wildman–Crippen MR) is 102 cm³/mol. The van der Waals surface area contributed by atoms with Gasteiger partial charge in [0, 0.05) is 45.1 Å². The maximum atomic E-state index is 13.7. The van der Waals surface area contributed by atoms with Crippen molar-refractivity contribution in [3.05, 3.63) is 41.7 Å². The smallest absolute Gasteiger partial charge is 0.260 e. The number of rotatable bonds is 4. The van der Waals surface area contributed by atoms with Crippen LogP contribution in [-0.4, -0.2) is 70.3 Å². The maximum Gasteiger partial charge on any atom is 0.260 e. The molecule has 7 nitrogen and oxygen atoms in total. The summed E-state index contributed by atoms with van der Waals surface area (Å²) in [6.07, 6.45) is 2.81. The summed E-state index contributed by atoms with van der Waals surface area (Å²) >= 11 is 0. The van der Waals surface area contributed by atoms with Crippen molar-refractivity contribution in [1.82, 2.24) is 24.6 Å². The van der Waals surface area contributed by atoms with E-state index in [1.807, 2.05) is 0 Å². The first-order valence-corrected chi connectivity index (χ1v) is 9.87. The van der Waals surface area contributed by atoms with E-state index in [1.54, 1.807) is 17.0 Å². The van der Waals surface area contributed by atoms with Crippen LogP contribution in [0, 0.1) is 5.82 Å². The van der Waals surface area contributed by atoms with Crippen LogP contribution in [0.25, 0.3) is 0 Å². The molecule has 0 aliphatic carbocycles. The molecule has 4 rings (SSSR count). The third-order valence-corrected chi connectivity index (χ3v) is 5.61. The molecule has 1 amide bonds. The zero-order valence-corrected chi connectivity index (χ0v) is 16.2. The number of nitrogens with zero attached hydrogens (tertiary/aromatic N) is 5. The van der Waals surface area contributed by atoms with Gasteiger partial charge in [0.05, 0.1) is 0 Å². The Bertz CT molecular complexity index is 840. The van der Waals surface area contributed by atoms with E-state index in [0.29, 0.717) is 13.1 Å². The topological polar surface area (TPSA) is 63.5 Å². The van der Waals surface area contributed by atoms with Gasteiger partial charge < -0.3 is 19.1 Å². The molecule has 8 heteroatoms. The number of halogens is 1. The van der Waals surface area contributed by atoms with Crippen LogP contribution in [0.4, 0.5) is 4.39 Å². The van der Waals surface area contributed by atoms with Gasteiger partial charge in [0.15, 0.2) is 18.2 Å². The summed E-state index contributed by atoms with van der Waals surface area (Å²) in [6.45, 7) is 3.99. The third-order valence-electron chi connectivity index (χ3n) is 5.61. The molecule has 0 saturated carbocycles. The number of piperidine rings is 1. The fourth-order valence-corrected chi connectivity index (χ4v) is 3.96. The van der Waals surface area contributed by atoms with Gasteiger partial charge in [0.2, 0.25) is 0 Å². The van der Waals surface area contributed by atoms with Crippen molar-refractivity contribution in [3.63, 3.8) is 0 Å². The quantitative estimate of drug-likeness (QED) is 0.799. The summed E-state index contributed by atoms with van der Waals surface area (Å²) in [4.78, 5) is 16.7. The van der Waals surface area contributed by atoms with E-state index >= 15 is 0 Å². The third kappa shape index (κ3) is 4.01. The Hall–Kier alpha value is -2.48. The molecule has 0 bridgehead atoms. The van der Waals surface area contributed by atoms with Crippen molar-refractivity contribution in [1.29, 1.82) is 0 Å². The summed E-state index contributed by atoms with van der Waals surface area (Å²) in [5.74, 6) is 1.72. The zero-order chi connectivity index (χ0) is 19.5. The van der Waals surface area contributed by atoms with Crippen LogP contribution in [0.5, 0.6) is 5.75 Å². The van der Waals surface area contributed by atoms with Crippen molar-refractivity contribution >= 4 is 5.91 Å². The van der Waals surface area contributed by atoms with Gasteiger partial charge in [-0.1, -0.05) is 12.1 Å². The van der Waals surface area contributed by atoms with Crippen molar-refractivity contribution in [2.45, 2.75) is 31.7 Å². The van der Waals surface area contributed by atoms with Crippen LogP contribution in [0.15, 0.2) is 24.3 Å². The summed E-state index contributed by atoms with van der Waals surface area (Å²) in [5.41, 5.74) is 0. The number of fused-ring (bicyclic) bond motifs is 1. The monoisotopic (exact) mass is 387 g/mol. The molecule has 0 N–H and O–H groups in total. The molecule has 2 aliphatic rings. The standard InChI is InChI=1S/C20H26FN5O2/c1-24-10-8-18-22-23-20(26(18)12-11-24)15-5-4-9-25(13-15)19(27)14-28-17-7-3-2-6-16(17)21/h2-3,6-7,15H,4-5,8-14H2,1H3. The molecule has 0 radical (unpaired) electrons. The molecule has 28 heavy (non-hydrogen) atoms. The van der Waals surface area contributed by atoms with E-state index in [2.05, 4.69) is 26.7 Å². The molecule has 0 spiro atoms. The van der Waals surface area contributed by atoms with Gasteiger partial charge >= 0.3 is 0 Å². The molecule has 2 aliphatic heterocycles. The number of likely N-dealkylation sites (N-methyl/N-ethyl adjacent to an activating group) is 1. The minimum atomic E-state index is -0.456. The summed E-state index contributed by atoms with van der Waals surface area (Å²) < 4.78 is 21.3. The predicted octanol–water partition coefficient (Wildman–Crippen LogP) is 1.69. The number of para-hydroxylation sites is 1. The van der Waals surface area contributed by atoms with E-state index in [1.165, 1.54) is 12.1 Å². The molecule has 1 fully saturated rings. The Morgan fingerprint density at radius 2 is 2.07 bits per heavy atom. The average Bonchev–Trinajstić information content (AvgIpc) is 3.03. The SMILES string of the molecule is CN1CCc2nnc(C3CCCN(C(=O)COc4ccccc4F)C3)n2CC1. The molecule has 150 valence electrons. The molecule has 1 aromatic heterocycles. The van der Waals surface area contributed by atoms with Gasteiger partial charge in [-0.3, -0.25) is 4.79 Å². The van der Waals surface area contributed by atoms with E-state index in [-0.39, 0.29) is 24.2 Å². The number of carbonyl (C=O) groups is 1. The molecule has 1 aromatic carbocycles. The highest BCUT2D eigenvalue weighted by Crippen LogP contribution is 2.27. The second-order valence-corrected chi connectivity index (χ2v) is 7.58. The number of carbonyl (C=O) groups excluding carboxylic acids is 1. The molecular formula is C20H26FN5O2. The van der Waals surface area contributed by atoms with Crippen molar-refractivity contribution < 1.29 is 13.9 Å². The molecule has 1 unspecified atom stereocenters. The van der Waals surface area contributed by atoms with Crippen LogP contribution < -0.4 is 4.74 Å². The number of hydrogen-bond donors (Lipinski definition) is 0. The average molecular weight is 387 g/mol. The van der Waals surface area contributed by atoms with Crippen LogP contribution in [0.3, 0.4) is 0 Å². The molecule has 1 atom stereocenters. The summed E-state index contributed by atoms with van der Waals surface area (Å²) in [7, 11) is 2.12. The molecular weight excluding hydrogens is 361 g/mol. The lowest BCUT2D eigenvalue weighted by atomic mass is 9.97. The minimum absolute atomic E-state index is 0.108. The Labute approximate surface area is 164 Å². The first-order chi connectivity index (χ1) is 13.6. The Morgan fingerprint density at radius 1 is 1.21 bits per heavy atom. The number of ether oxygens (including phenoxy) is 1. The lowest BCUT2D eigenvalue weighted by Crippen LogP contribution is -2.42. The minimum Gasteiger partial charge on any atom is -0.481 e. The zero-order valence-electron chi connectivity index (χ0n) is 16.2. The van der Waals surface area contributed by atoms with Gasteiger partial charge in [0.1, 0.15) is 11.6 Å². The number of benzene rings is 1. The van der Waals surface area contributed by atoms with E-state index in [9.17, 15) is 9.18 Å². The van der Waals surface area contributed by atoms with Crippen molar-refractivity contribution in [3.8, 4) is 5.75 Å². The lowest BCUT2D eigenvalue weighted by molar-refractivity contribution is -0.134. The number of hydrogen-bond acceptors (Lipinski definition) is 5. The van der Waals surface area contributed by atoms with Gasteiger partial charge in [-0.05, 0) is 32.0 Å². The number of amides is 1. The first-order valence-electron chi connectivity index (χ1n) is 9.87. The van der Waals surface area contributed by atoms with Crippen LogP contribution >= 0.6 is 0 Å². The highest BCUT2D eigenvalue weighted by molar-refractivity contribution is 5.78. The highest BCUT2D eigenvalue weighted by Gasteiger charge is 2.30. The van der Waals surface area contributed by atoms with E-state index in [0.717, 1.165) is 50.5 Å². The number of likely N-dealkylation sites (tertiary alicyclic amines) is 1. The fraction of sp³-hybridized carbons (Fsp3) is 0.550. The van der Waals surface area contributed by atoms with Gasteiger partial charge in [-0.2, -0.15) is 0 Å². The normalized spacial score (nSPS) is 20.5. The summed E-state index contributed by atoms with van der Waals surface area (Å²) in [6, 6.07) is 6.14. The Balaban J connectivity index is 1.40. The Kier molecular flexibility index (Phi) is 5.57. The van der Waals surface area contributed by atoms with Crippen LogP contribution in [0.2, 0.25) is 0 Å². The summed E-state index contributed by atoms with van der Waals surface area (Å²) in [5, 5.41) is 8.86. The van der Waals surface area contributed by atoms with Crippen molar-refractivity contribution in [2.75, 3.05) is 39.8 Å². The molecule has 2 aromatic rings. The van der Waals surface area contributed by atoms with Gasteiger partial charge in [-0.25, -0.2) is 4.39 Å². The lowest BCUT2D eigenvalue weighted by Gasteiger charge is -2.32. The second-order valence-electron chi connectivity index (χ2n) is 7.58. The maximum absolute atomic E-state index is 13.7. The van der Waals surface area contributed by atoms with Crippen LogP contribution in [0.1, 0.15) is 30.4 Å². The van der Waals surface area contributed by atoms with E-state index in [4.69, 9.17) is 4.74 Å². The van der Waals surface area contributed by atoms with E-state index < -0.39 is 5.82 Å². The Morgan fingerprint density at radius 3 is 2.93 bits per heavy atom. The fourth-order valence-electron chi connectivity index (χ4n) is 3.96. The highest BCUT2D eigenvalue weighted by atomic mass is 19.1. The molecule has 3 heterocycles. The van der Waals surface area contributed by atoms with Gasteiger partial charge in [0.25, 0.3) is 5.91 Å². The van der Waals surface area contributed by atoms with Gasteiger partial charge in [-0.15, -0.1) is 10.2 Å². The first kappa shape index (κ1) is 18.9. The largest absolute Gasteiger partial charge is 0.481 e. The number of aromatic nitrogens is 3. The second kappa shape index (κ2) is 8.26. The van der Waals surface area contributed by atoms with Crippen molar-refractivity contribution in [2.24, 2.45) is 0 Å². The molecule has 1 saturated heterocycles. The van der Waals surface area contributed by atoms with Crippen LogP contribution in [-0.2, 0) is 17.8 Å².